The van der Waals surface area contributed by atoms with E-state index in [0.717, 1.165) is 38.0 Å². The van der Waals surface area contributed by atoms with Gasteiger partial charge < -0.3 is 15.2 Å². The van der Waals surface area contributed by atoms with E-state index >= 15 is 0 Å². The molecule has 0 bridgehead atoms. The zero-order valence-electron chi connectivity index (χ0n) is 12.5. The van der Waals surface area contributed by atoms with Crippen molar-refractivity contribution in [3.05, 3.63) is 29.8 Å². The van der Waals surface area contributed by atoms with Gasteiger partial charge in [-0.15, -0.1) is 0 Å². The van der Waals surface area contributed by atoms with Crippen molar-refractivity contribution in [3.63, 3.8) is 0 Å². The minimum Gasteiger partial charge on any atom is -0.378 e. The van der Waals surface area contributed by atoms with Gasteiger partial charge in [0.15, 0.2) is 0 Å². The molecule has 1 aromatic heterocycles. The topological polar surface area (TPSA) is 57.4 Å². The van der Waals surface area contributed by atoms with Crippen LogP contribution in [0.4, 0.5) is 4.39 Å². The van der Waals surface area contributed by atoms with E-state index in [1.54, 1.807) is 6.07 Å². The van der Waals surface area contributed by atoms with Gasteiger partial charge in [-0.2, -0.15) is 0 Å². The molecule has 2 fully saturated rings. The van der Waals surface area contributed by atoms with Crippen molar-refractivity contribution >= 4 is 0 Å². The van der Waals surface area contributed by atoms with Crippen LogP contribution in [-0.4, -0.2) is 30.4 Å². The zero-order chi connectivity index (χ0) is 14.9. The van der Waals surface area contributed by atoms with E-state index in [-0.39, 0.29) is 17.3 Å². The van der Waals surface area contributed by atoms with E-state index in [2.05, 4.69) is 11.9 Å². The highest BCUT2D eigenvalue weighted by Crippen LogP contribution is 2.43. The predicted octanol–water partition coefficient (Wildman–Crippen LogP) is 2.37. The molecule has 0 aliphatic carbocycles. The Labute approximate surface area is 124 Å². The van der Waals surface area contributed by atoms with Gasteiger partial charge in [0.25, 0.3) is 0 Å². The molecule has 116 valence electrons. The summed E-state index contributed by atoms with van der Waals surface area (Å²) < 4.78 is 24.6. The van der Waals surface area contributed by atoms with Crippen LogP contribution in [0.5, 0.6) is 0 Å². The summed E-state index contributed by atoms with van der Waals surface area (Å²) in [7, 11) is 0. The maximum atomic E-state index is 13.1. The van der Waals surface area contributed by atoms with Crippen molar-refractivity contribution in [2.24, 2.45) is 11.7 Å². The molecule has 21 heavy (non-hydrogen) atoms. The van der Waals surface area contributed by atoms with E-state index in [4.69, 9.17) is 15.2 Å². The molecular weight excluding hydrogens is 271 g/mol. The van der Waals surface area contributed by atoms with Crippen LogP contribution in [0.1, 0.15) is 38.3 Å². The Morgan fingerprint density at radius 1 is 1.48 bits per heavy atom. The third kappa shape index (κ3) is 2.70. The molecule has 1 spiro atoms. The van der Waals surface area contributed by atoms with E-state index in [0.29, 0.717) is 13.2 Å². The summed E-state index contributed by atoms with van der Waals surface area (Å²) in [4.78, 5) is 4.24. The summed E-state index contributed by atoms with van der Waals surface area (Å²) in [6.07, 6.45) is 4.75. The fourth-order valence-corrected chi connectivity index (χ4v) is 3.66. The molecule has 0 aromatic carbocycles. The first-order valence-electron chi connectivity index (χ1n) is 7.71. The van der Waals surface area contributed by atoms with Gasteiger partial charge in [0.1, 0.15) is 5.82 Å². The molecule has 5 heteroatoms. The second-order valence-electron chi connectivity index (χ2n) is 6.28. The fraction of sp³-hybridized carbons (Fsp3) is 0.688. The van der Waals surface area contributed by atoms with Gasteiger partial charge in [-0.25, -0.2) is 4.39 Å². The predicted molar refractivity (Wildman–Crippen MR) is 77.2 cm³/mol. The lowest BCUT2D eigenvalue weighted by molar-refractivity contribution is -0.111. The lowest BCUT2D eigenvalue weighted by atomic mass is 9.71. The summed E-state index contributed by atoms with van der Waals surface area (Å²) in [5.74, 6) is -0.0549. The zero-order valence-corrected chi connectivity index (χ0v) is 12.5. The van der Waals surface area contributed by atoms with E-state index in [1.807, 2.05) is 0 Å². The van der Waals surface area contributed by atoms with Gasteiger partial charge >= 0.3 is 0 Å². The number of pyridine rings is 1. The van der Waals surface area contributed by atoms with Crippen LogP contribution < -0.4 is 5.73 Å². The maximum absolute atomic E-state index is 13.1. The number of halogens is 1. The molecule has 4 nitrogen and oxygen atoms in total. The quantitative estimate of drug-likeness (QED) is 0.930. The highest BCUT2D eigenvalue weighted by Gasteiger charge is 2.47. The summed E-state index contributed by atoms with van der Waals surface area (Å²) in [5.41, 5.74) is 6.77. The van der Waals surface area contributed by atoms with Gasteiger partial charge in [0.2, 0.25) is 0 Å². The molecule has 3 heterocycles. The molecule has 2 aliphatic rings. The molecule has 3 atom stereocenters. The lowest BCUT2D eigenvalue weighted by Gasteiger charge is -2.45. The Morgan fingerprint density at radius 2 is 2.33 bits per heavy atom. The van der Waals surface area contributed by atoms with Gasteiger partial charge in [-0.1, -0.05) is 6.92 Å². The van der Waals surface area contributed by atoms with Crippen LogP contribution in [0.25, 0.3) is 0 Å². The van der Waals surface area contributed by atoms with Crippen LogP contribution in [0.15, 0.2) is 18.3 Å². The first kappa shape index (κ1) is 14.9. The SMILES string of the molecule is CCC(N)(c1ccc(F)cn1)C1CCOC2(CCOC2)C1. The Kier molecular flexibility index (Phi) is 3.99. The smallest absolute Gasteiger partial charge is 0.141 e. The van der Waals surface area contributed by atoms with Crippen molar-refractivity contribution in [1.82, 2.24) is 4.98 Å². The van der Waals surface area contributed by atoms with Crippen molar-refractivity contribution in [3.8, 4) is 0 Å². The van der Waals surface area contributed by atoms with Gasteiger partial charge in [-0.05, 0) is 37.3 Å². The number of rotatable bonds is 3. The lowest BCUT2D eigenvalue weighted by Crippen LogP contribution is -2.52. The van der Waals surface area contributed by atoms with Crippen LogP contribution in [0.3, 0.4) is 0 Å². The van der Waals surface area contributed by atoms with Gasteiger partial charge in [-0.3, -0.25) is 4.98 Å². The van der Waals surface area contributed by atoms with Crippen molar-refractivity contribution in [1.29, 1.82) is 0 Å². The Hall–Kier alpha value is -1.04. The maximum Gasteiger partial charge on any atom is 0.141 e. The molecular formula is C16H23FN2O2. The summed E-state index contributed by atoms with van der Waals surface area (Å²) in [5, 5.41) is 0. The molecule has 2 aliphatic heterocycles. The minimum absolute atomic E-state index is 0.178. The first-order valence-corrected chi connectivity index (χ1v) is 7.71. The average Bonchev–Trinajstić information content (AvgIpc) is 2.95. The van der Waals surface area contributed by atoms with E-state index in [9.17, 15) is 4.39 Å². The Bertz CT molecular complexity index is 488. The van der Waals surface area contributed by atoms with Crippen LogP contribution in [-0.2, 0) is 15.0 Å². The van der Waals surface area contributed by atoms with Crippen LogP contribution >= 0.6 is 0 Å². The highest BCUT2D eigenvalue weighted by molar-refractivity contribution is 5.18. The Morgan fingerprint density at radius 3 is 2.95 bits per heavy atom. The third-order valence-corrected chi connectivity index (χ3v) is 5.08. The molecule has 3 unspecified atom stereocenters. The normalized spacial score (nSPS) is 32.2. The monoisotopic (exact) mass is 294 g/mol. The van der Waals surface area contributed by atoms with E-state index in [1.165, 1.54) is 12.3 Å². The molecule has 0 amide bonds. The van der Waals surface area contributed by atoms with Gasteiger partial charge in [0.05, 0.1) is 29.6 Å². The highest BCUT2D eigenvalue weighted by atomic mass is 19.1. The van der Waals surface area contributed by atoms with Crippen LogP contribution in [0, 0.1) is 11.7 Å². The molecule has 2 saturated heterocycles. The van der Waals surface area contributed by atoms with Crippen molar-refractivity contribution in [2.75, 3.05) is 19.8 Å². The summed E-state index contributed by atoms with van der Waals surface area (Å²) in [6.45, 7) is 4.18. The van der Waals surface area contributed by atoms with Gasteiger partial charge in [0, 0.05) is 19.6 Å². The van der Waals surface area contributed by atoms with E-state index < -0.39 is 5.54 Å². The molecule has 0 saturated carbocycles. The summed E-state index contributed by atoms with van der Waals surface area (Å²) in [6, 6.07) is 3.15. The number of nitrogens with zero attached hydrogens (tertiary/aromatic N) is 1. The summed E-state index contributed by atoms with van der Waals surface area (Å²) >= 11 is 0. The molecule has 0 radical (unpaired) electrons. The largest absolute Gasteiger partial charge is 0.378 e. The average molecular weight is 294 g/mol. The number of hydrogen-bond donors (Lipinski definition) is 1. The number of ether oxygens (including phenoxy) is 2. The number of aromatic nitrogens is 1. The standard InChI is InChI=1S/C16H23FN2O2/c1-2-16(18,14-4-3-13(17)10-19-14)12-5-7-21-15(9-12)6-8-20-11-15/h3-4,10,12H,2,5-9,11,18H2,1H3. The molecule has 1 aromatic rings. The van der Waals surface area contributed by atoms with Crippen molar-refractivity contribution in [2.45, 2.75) is 43.7 Å². The second kappa shape index (κ2) is 5.63. The first-order chi connectivity index (χ1) is 10.1. The third-order valence-electron chi connectivity index (χ3n) is 5.08. The number of nitrogens with two attached hydrogens (primary N) is 1. The fourth-order valence-electron chi connectivity index (χ4n) is 3.66. The second-order valence-corrected chi connectivity index (χ2v) is 6.28. The number of hydrogen-bond acceptors (Lipinski definition) is 4. The Balaban J connectivity index is 1.86. The molecule has 2 N–H and O–H groups in total. The minimum atomic E-state index is -0.535. The van der Waals surface area contributed by atoms with Crippen LogP contribution in [0.2, 0.25) is 0 Å². The van der Waals surface area contributed by atoms with Crippen molar-refractivity contribution < 1.29 is 13.9 Å². The molecule has 3 rings (SSSR count).